The molecule has 172 valence electrons. The number of nitriles is 1. The second-order valence-electron chi connectivity index (χ2n) is 8.62. The zero-order valence-corrected chi connectivity index (χ0v) is 19.5. The summed E-state index contributed by atoms with van der Waals surface area (Å²) in [5, 5.41) is 19.4. The summed E-state index contributed by atoms with van der Waals surface area (Å²) < 4.78 is 5.36. The minimum Gasteiger partial charge on any atom is -0.480 e. The molecule has 0 amide bonds. The molecule has 3 aromatic rings. The van der Waals surface area contributed by atoms with Crippen LogP contribution < -0.4 is 0 Å². The first kappa shape index (κ1) is 23.4. The summed E-state index contributed by atoms with van der Waals surface area (Å²) in [6.07, 6.45) is 4.04. The van der Waals surface area contributed by atoms with Gasteiger partial charge in [0.2, 0.25) is 0 Å². The smallest absolute Gasteiger partial charge is 0.323 e. The van der Waals surface area contributed by atoms with Crippen molar-refractivity contribution in [3.63, 3.8) is 0 Å². The lowest BCUT2D eigenvalue weighted by Gasteiger charge is -2.33. The van der Waals surface area contributed by atoms with Gasteiger partial charge in [0.25, 0.3) is 0 Å². The highest BCUT2D eigenvalue weighted by molar-refractivity contribution is 5.81. The fourth-order valence-corrected chi connectivity index (χ4v) is 4.39. The number of nitrogens with zero attached hydrogens (tertiary/aromatic N) is 2. The Bertz CT molecular complexity index is 1260. The average molecular weight is 453 g/mol. The van der Waals surface area contributed by atoms with Crippen LogP contribution in [0.25, 0.3) is 23.3 Å². The second-order valence-corrected chi connectivity index (χ2v) is 8.62. The van der Waals surface area contributed by atoms with Crippen molar-refractivity contribution < 1.29 is 14.6 Å². The number of hydrogen-bond donors (Lipinski definition) is 1. The predicted octanol–water partition coefficient (Wildman–Crippen LogP) is 5.30. The standard InChI is InChI=1S/C29H28N2O3/c1-20-16-25(18-31-13-14-34-19-28(31)29(32)33)21(2)15-24(20)12-11-23-9-6-10-26(27(23)17-30)22-7-4-3-5-8-22/h3-12,15-16,28H,13-14,18-19H2,1-2H3,(H,32,33). The van der Waals surface area contributed by atoms with E-state index in [4.69, 9.17) is 4.74 Å². The normalized spacial score (nSPS) is 16.4. The van der Waals surface area contributed by atoms with Crippen molar-refractivity contribution in [1.82, 2.24) is 4.90 Å². The predicted molar refractivity (Wildman–Crippen MR) is 134 cm³/mol. The largest absolute Gasteiger partial charge is 0.480 e. The highest BCUT2D eigenvalue weighted by Crippen LogP contribution is 2.28. The molecule has 1 N–H and O–H groups in total. The molecule has 0 aromatic heterocycles. The average Bonchev–Trinajstić information content (AvgIpc) is 2.85. The van der Waals surface area contributed by atoms with E-state index in [1.165, 1.54) is 0 Å². The van der Waals surface area contributed by atoms with Crippen LogP contribution in [0.4, 0.5) is 0 Å². The number of carboxylic acid groups (broad SMARTS) is 1. The third-order valence-electron chi connectivity index (χ3n) is 6.36. The van der Waals surface area contributed by atoms with Crippen LogP contribution in [0.5, 0.6) is 0 Å². The molecule has 1 aliphatic heterocycles. The molecule has 5 heteroatoms. The van der Waals surface area contributed by atoms with E-state index >= 15 is 0 Å². The van der Waals surface area contributed by atoms with Gasteiger partial charge in [-0.1, -0.05) is 72.8 Å². The van der Waals surface area contributed by atoms with Crippen molar-refractivity contribution in [3.8, 4) is 17.2 Å². The van der Waals surface area contributed by atoms with E-state index in [0.717, 1.165) is 38.9 Å². The van der Waals surface area contributed by atoms with Gasteiger partial charge >= 0.3 is 5.97 Å². The summed E-state index contributed by atoms with van der Waals surface area (Å²) >= 11 is 0. The van der Waals surface area contributed by atoms with Gasteiger partial charge in [0.15, 0.2) is 0 Å². The number of benzene rings is 3. The number of carboxylic acids is 1. The first-order valence-corrected chi connectivity index (χ1v) is 11.4. The molecule has 4 rings (SSSR count). The molecule has 1 atom stereocenters. The van der Waals surface area contributed by atoms with Crippen LogP contribution in [-0.2, 0) is 16.1 Å². The Hall–Kier alpha value is -3.72. The molecule has 1 fully saturated rings. The Balaban J connectivity index is 1.60. The Morgan fingerprint density at radius 2 is 1.85 bits per heavy atom. The van der Waals surface area contributed by atoms with E-state index in [1.54, 1.807) is 0 Å². The molecule has 0 bridgehead atoms. The molecule has 1 saturated heterocycles. The van der Waals surface area contributed by atoms with Gasteiger partial charge in [0.1, 0.15) is 12.1 Å². The van der Waals surface area contributed by atoms with Gasteiger partial charge < -0.3 is 9.84 Å². The van der Waals surface area contributed by atoms with Gasteiger partial charge in [-0.05, 0) is 47.2 Å². The van der Waals surface area contributed by atoms with E-state index in [0.29, 0.717) is 25.3 Å². The minimum absolute atomic E-state index is 0.220. The summed E-state index contributed by atoms with van der Waals surface area (Å²) in [6.45, 7) is 6.06. The van der Waals surface area contributed by atoms with Crippen molar-refractivity contribution in [3.05, 3.63) is 94.0 Å². The first-order chi connectivity index (χ1) is 16.5. The molecule has 0 aliphatic carbocycles. The van der Waals surface area contributed by atoms with Gasteiger partial charge in [-0.2, -0.15) is 5.26 Å². The SMILES string of the molecule is Cc1cc(CN2CCOCC2C(=O)O)c(C)cc1C=Cc1cccc(-c2ccccc2)c1C#N. The number of ether oxygens (including phenoxy) is 1. The number of hydrogen-bond acceptors (Lipinski definition) is 4. The van der Waals surface area contributed by atoms with Crippen LogP contribution >= 0.6 is 0 Å². The zero-order valence-electron chi connectivity index (χ0n) is 19.5. The number of aliphatic carboxylic acids is 1. The van der Waals surface area contributed by atoms with Gasteiger partial charge in [-0.15, -0.1) is 0 Å². The van der Waals surface area contributed by atoms with Crippen molar-refractivity contribution in [2.24, 2.45) is 0 Å². The Morgan fingerprint density at radius 1 is 1.09 bits per heavy atom. The van der Waals surface area contributed by atoms with Crippen molar-refractivity contribution in [2.75, 3.05) is 19.8 Å². The topological polar surface area (TPSA) is 73.6 Å². The van der Waals surface area contributed by atoms with Crippen LogP contribution in [0, 0.1) is 25.2 Å². The third-order valence-corrected chi connectivity index (χ3v) is 6.36. The van der Waals surface area contributed by atoms with Crippen LogP contribution in [0.15, 0.2) is 60.7 Å². The van der Waals surface area contributed by atoms with E-state index in [9.17, 15) is 15.2 Å². The maximum Gasteiger partial charge on any atom is 0.323 e. The second kappa shape index (κ2) is 10.5. The summed E-state index contributed by atoms with van der Waals surface area (Å²) in [7, 11) is 0. The summed E-state index contributed by atoms with van der Waals surface area (Å²) in [4.78, 5) is 13.6. The highest BCUT2D eigenvalue weighted by atomic mass is 16.5. The molecular formula is C29H28N2O3. The number of rotatable bonds is 6. The highest BCUT2D eigenvalue weighted by Gasteiger charge is 2.29. The van der Waals surface area contributed by atoms with Crippen LogP contribution in [-0.4, -0.2) is 41.8 Å². The molecule has 5 nitrogen and oxygen atoms in total. The van der Waals surface area contributed by atoms with Gasteiger partial charge in [-0.25, -0.2) is 0 Å². The molecule has 3 aromatic carbocycles. The Labute approximate surface area is 200 Å². The number of aryl methyl sites for hydroxylation is 2. The monoisotopic (exact) mass is 452 g/mol. The maximum absolute atomic E-state index is 11.6. The van der Waals surface area contributed by atoms with E-state index in [1.807, 2.05) is 65.6 Å². The van der Waals surface area contributed by atoms with E-state index in [2.05, 4.69) is 32.0 Å². The van der Waals surface area contributed by atoms with E-state index < -0.39 is 12.0 Å². The third kappa shape index (κ3) is 5.09. The molecule has 0 spiro atoms. The maximum atomic E-state index is 11.6. The molecule has 1 heterocycles. The molecule has 34 heavy (non-hydrogen) atoms. The lowest BCUT2D eigenvalue weighted by Crippen LogP contribution is -2.49. The summed E-state index contributed by atoms with van der Waals surface area (Å²) in [5.74, 6) is -0.848. The number of carbonyl (C=O) groups is 1. The fourth-order valence-electron chi connectivity index (χ4n) is 4.39. The Morgan fingerprint density at radius 3 is 2.59 bits per heavy atom. The van der Waals surface area contributed by atoms with Crippen molar-refractivity contribution >= 4 is 18.1 Å². The minimum atomic E-state index is -0.848. The number of morpholine rings is 1. The van der Waals surface area contributed by atoms with E-state index in [-0.39, 0.29) is 6.61 Å². The molecule has 1 unspecified atom stereocenters. The Kier molecular flexibility index (Phi) is 7.22. The lowest BCUT2D eigenvalue weighted by atomic mass is 9.94. The van der Waals surface area contributed by atoms with Crippen molar-refractivity contribution in [1.29, 1.82) is 5.26 Å². The molecule has 0 radical (unpaired) electrons. The molecular weight excluding hydrogens is 424 g/mol. The fraction of sp³-hybridized carbons (Fsp3) is 0.241. The van der Waals surface area contributed by atoms with Crippen LogP contribution in [0.3, 0.4) is 0 Å². The lowest BCUT2D eigenvalue weighted by molar-refractivity contribution is -0.150. The van der Waals surface area contributed by atoms with Crippen LogP contribution in [0.2, 0.25) is 0 Å². The zero-order chi connectivity index (χ0) is 24.1. The summed E-state index contributed by atoms with van der Waals surface area (Å²) in [6, 6.07) is 21.9. The quantitative estimate of drug-likeness (QED) is 0.514. The summed E-state index contributed by atoms with van der Waals surface area (Å²) in [5.41, 5.74) is 7.89. The molecule has 1 aliphatic rings. The van der Waals surface area contributed by atoms with Gasteiger partial charge in [-0.3, -0.25) is 9.69 Å². The first-order valence-electron chi connectivity index (χ1n) is 11.4. The van der Waals surface area contributed by atoms with Gasteiger partial charge in [0.05, 0.1) is 18.8 Å². The van der Waals surface area contributed by atoms with Crippen LogP contribution in [0.1, 0.15) is 33.4 Å². The van der Waals surface area contributed by atoms with Crippen molar-refractivity contribution in [2.45, 2.75) is 26.4 Å². The van der Waals surface area contributed by atoms with Gasteiger partial charge in [0, 0.05) is 18.7 Å². The molecule has 0 saturated carbocycles.